The molecule has 6 heteroatoms. The number of methoxy groups -OCH3 is 2. The molecule has 0 radical (unpaired) electrons. The molecule has 1 amide bonds. The van der Waals surface area contributed by atoms with Gasteiger partial charge in [-0.3, -0.25) is 9.59 Å². The minimum absolute atomic E-state index is 0.0125. The van der Waals surface area contributed by atoms with Crippen molar-refractivity contribution in [3.05, 3.63) is 87.6 Å². The van der Waals surface area contributed by atoms with Crippen molar-refractivity contribution in [2.24, 2.45) is 0 Å². The van der Waals surface area contributed by atoms with Gasteiger partial charge in [-0.1, -0.05) is 36.4 Å². The van der Waals surface area contributed by atoms with Crippen molar-refractivity contribution in [2.45, 2.75) is 6.54 Å². The third-order valence-corrected chi connectivity index (χ3v) is 5.28. The highest BCUT2D eigenvalue weighted by Crippen LogP contribution is 2.28. The summed E-state index contributed by atoms with van der Waals surface area (Å²) in [6, 6.07) is 18.2. The maximum absolute atomic E-state index is 12.4. The van der Waals surface area contributed by atoms with Crippen LogP contribution >= 0.6 is 11.3 Å². The Kier molecular flexibility index (Phi) is 6.81. The SMILES string of the molecule is COc1ccc(/C=C/C(=O)NCc2ccc(C(=O)c3ccccc3)s2)cc1OC. The summed E-state index contributed by atoms with van der Waals surface area (Å²) in [6.07, 6.45) is 3.17. The van der Waals surface area contributed by atoms with Crippen LogP contribution in [-0.2, 0) is 11.3 Å². The van der Waals surface area contributed by atoms with Gasteiger partial charge in [0.1, 0.15) is 0 Å². The maximum Gasteiger partial charge on any atom is 0.244 e. The second-order valence-electron chi connectivity index (χ2n) is 6.13. The highest BCUT2D eigenvalue weighted by Gasteiger charge is 2.11. The number of hydrogen-bond acceptors (Lipinski definition) is 5. The largest absolute Gasteiger partial charge is 0.493 e. The fraction of sp³-hybridized carbons (Fsp3) is 0.130. The van der Waals surface area contributed by atoms with Gasteiger partial charge in [0.25, 0.3) is 0 Å². The number of ether oxygens (including phenoxy) is 2. The average molecular weight is 407 g/mol. The zero-order chi connectivity index (χ0) is 20.6. The van der Waals surface area contributed by atoms with Crippen LogP contribution in [0.25, 0.3) is 6.08 Å². The molecule has 0 aliphatic heterocycles. The number of ketones is 1. The molecule has 5 nitrogen and oxygen atoms in total. The molecule has 0 fully saturated rings. The van der Waals surface area contributed by atoms with E-state index in [1.165, 1.54) is 17.4 Å². The lowest BCUT2D eigenvalue weighted by Crippen LogP contribution is -2.19. The van der Waals surface area contributed by atoms with E-state index in [2.05, 4.69) is 5.32 Å². The second-order valence-corrected chi connectivity index (χ2v) is 7.29. The van der Waals surface area contributed by atoms with Crippen LogP contribution in [0.3, 0.4) is 0 Å². The molecule has 3 aromatic rings. The first kappa shape index (κ1) is 20.4. The Morgan fingerprint density at radius 1 is 0.966 bits per heavy atom. The van der Waals surface area contributed by atoms with Crippen molar-refractivity contribution in [2.75, 3.05) is 14.2 Å². The minimum atomic E-state index is -0.218. The van der Waals surface area contributed by atoms with Crippen LogP contribution in [0.1, 0.15) is 25.7 Å². The number of thiophene rings is 1. The zero-order valence-electron chi connectivity index (χ0n) is 16.2. The van der Waals surface area contributed by atoms with E-state index in [4.69, 9.17) is 9.47 Å². The summed E-state index contributed by atoms with van der Waals surface area (Å²) in [7, 11) is 3.14. The Bertz CT molecular complexity index is 1020. The van der Waals surface area contributed by atoms with Gasteiger partial charge in [-0.25, -0.2) is 0 Å². The normalized spacial score (nSPS) is 10.7. The molecule has 0 saturated heterocycles. The summed E-state index contributed by atoms with van der Waals surface area (Å²) in [4.78, 5) is 26.1. The molecule has 0 bridgehead atoms. The predicted molar refractivity (Wildman–Crippen MR) is 115 cm³/mol. The van der Waals surface area contributed by atoms with E-state index in [0.717, 1.165) is 10.4 Å². The molecule has 1 heterocycles. The Hall–Kier alpha value is -3.38. The average Bonchev–Trinajstić information content (AvgIpc) is 3.25. The smallest absolute Gasteiger partial charge is 0.244 e. The molecule has 3 rings (SSSR count). The van der Waals surface area contributed by atoms with Crippen molar-refractivity contribution < 1.29 is 19.1 Å². The quantitative estimate of drug-likeness (QED) is 0.446. The first-order valence-electron chi connectivity index (χ1n) is 8.97. The molecule has 148 valence electrons. The molecule has 0 atom stereocenters. The molecule has 0 saturated carbocycles. The molecule has 0 aliphatic rings. The summed E-state index contributed by atoms with van der Waals surface area (Å²) in [5.41, 5.74) is 1.48. The van der Waals surface area contributed by atoms with Gasteiger partial charge < -0.3 is 14.8 Å². The number of hydrogen-bond donors (Lipinski definition) is 1. The van der Waals surface area contributed by atoms with Gasteiger partial charge in [0.15, 0.2) is 11.5 Å². The van der Waals surface area contributed by atoms with Crippen molar-refractivity contribution in [3.63, 3.8) is 0 Å². The molecular weight excluding hydrogens is 386 g/mol. The van der Waals surface area contributed by atoms with Gasteiger partial charge in [-0.15, -0.1) is 11.3 Å². The molecule has 1 aromatic heterocycles. The van der Waals surface area contributed by atoms with Crippen molar-refractivity contribution in [1.82, 2.24) is 5.32 Å². The third-order valence-electron chi connectivity index (χ3n) is 4.19. The number of benzene rings is 2. The lowest BCUT2D eigenvalue weighted by molar-refractivity contribution is -0.116. The highest BCUT2D eigenvalue weighted by molar-refractivity contribution is 7.14. The van der Waals surface area contributed by atoms with Crippen molar-refractivity contribution in [1.29, 1.82) is 0 Å². The fourth-order valence-electron chi connectivity index (χ4n) is 2.69. The van der Waals surface area contributed by atoms with Gasteiger partial charge in [0, 0.05) is 16.5 Å². The first-order chi connectivity index (χ1) is 14.1. The van der Waals surface area contributed by atoms with Crippen LogP contribution in [0.2, 0.25) is 0 Å². The van der Waals surface area contributed by atoms with Crippen LogP contribution in [0.15, 0.2) is 66.7 Å². The Labute approximate surface area is 173 Å². The lowest BCUT2D eigenvalue weighted by Gasteiger charge is -2.07. The van der Waals surface area contributed by atoms with E-state index in [9.17, 15) is 9.59 Å². The molecule has 1 N–H and O–H groups in total. The van der Waals surface area contributed by atoms with Crippen LogP contribution in [-0.4, -0.2) is 25.9 Å². The predicted octanol–water partition coefficient (Wildman–Crippen LogP) is 4.33. The number of amides is 1. The van der Waals surface area contributed by atoms with Gasteiger partial charge >= 0.3 is 0 Å². The van der Waals surface area contributed by atoms with Crippen LogP contribution in [0.5, 0.6) is 11.5 Å². The van der Waals surface area contributed by atoms with E-state index in [-0.39, 0.29) is 11.7 Å². The van der Waals surface area contributed by atoms with E-state index in [0.29, 0.717) is 28.5 Å². The maximum atomic E-state index is 12.4. The zero-order valence-corrected chi connectivity index (χ0v) is 17.0. The Balaban J connectivity index is 1.57. The van der Waals surface area contributed by atoms with E-state index in [1.54, 1.807) is 50.6 Å². The van der Waals surface area contributed by atoms with Crippen LogP contribution in [0.4, 0.5) is 0 Å². The van der Waals surface area contributed by atoms with Gasteiger partial charge in [0.2, 0.25) is 11.7 Å². The minimum Gasteiger partial charge on any atom is -0.493 e. The van der Waals surface area contributed by atoms with E-state index >= 15 is 0 Å². The summed E-state index contributed by atoms with van der Waals surface area (Å²) < 4.78 is 10.5. The fourth-order valence-corrected chi connectivity index (χ4v) is 3.60. The molecule has 2 aromatic carbocycles. The molecule has 0 aliphatic carbocycles. The second kappa shape index (κ2) is 9.71. The summed E-state index contributed by atoms with van der Waals surface area (Å²) >= 11 is 1.38. The third kappa shape index (κ3) is 5.33. The van der Waals surface area contributed by atoms with Gasteiger partial charge in [-0.05, 0) is 35.9 Å². The van der Waals surface area contributed by atoms with E-state index in [1.807, 2.05) is 30.3 Å². The lowest BCUT2D eigenvalue weighted by atomic mass is 10.1. The summed E-state index contributed by atoms with van der Waals surface area (Å²) in [5.74, 6) is 1.00. The number of rotatable bonds is 8. The summed E-state index contributed by atoms with van der Waals surface area (Å²) in [6.45, 7) is 0.363. The standard InChI is InChI=1S/C23H21NO4S/c1-27-19-11-8-16(14-20(19)28-2)9-13-22(25)24-15-18-10-12-21(29-18)23(26)17-6-4-3-5-7-17/h3-14H,15H2,1-2H3,(H,24,25)/b13-9+. The Morgan fingerprint density at radius 2 is 1.72 bits per heavy atom. The van der Waals surface area contributed by atoms with Crippen molar-refractivity contribution >= 4 is 29.1 Å². The molecule has 0 spiro atoms. The van der Waals surface area contributed by atoms with Crippen LogP contribution in [0, 0.1) is 0 Å². The van der Waals surface area contributed by atoms with Gasteiger partial charge in [-0.2, -0.15) is 0 Å². The first-order valence-corrected chi connectivity index (χ1v) is 9.78. The molecule has 0 unspecified atom stereocenters. The number of nitrogens with one attached hydrogen (secondary N) is 1. The number of carbonyl (C=O) groups is 2. The molecule has 29 heavy (non-hydrogen) atoms. The van der Waals surface area contributed by atoms with E-state index < -0.39 is 0 Å². The number of carbonyl (C=O) groups excluding carboxylic acids is 2. The topological polar surface area (TPSA) is 64.6 Å². The van der Waals surface area contributed by atoms with Crippen molar-refractivity contribution in [3.8, 4) is 11.5 Å². The monoisotopic (exact) mass is 407 g/mol. The highest BCUT2D eigenvalue weighted by atomic mass is 32.1. The van der Waals surface area contributed by atoms with Crippen LogP contribution < -0.4 is 14.8 Å². The molecular formula is C23H21NO4S. The Morgan fingerprint density at radius 3 is 2.45 bits per heavy atom. The summed E-state index contributed by atoms with van der Waals surface area (Å²) in [5, 5.41) is 2.83. The van der Waals surface area contributed by atoms with Gasteiger partial charge in [0.05, 0.1) is 25.6 Å².